The van der Waals surface area contributed by atoms with E-state index in [-0.39, 0.29) is 17.6 Å². The van der Waals surface area contributed by atoms with Crippen LogP contribution in [0.5, 0.6) is 0 Å². The maximum atomic E-state index is 12.4. The summed E-state index contributed by atoms with van der Waals surface area (Å²) in [4.78, 5) is 37.8. The van der Waals surface area contributed by atoms with Crippen molar-refractivity contribution in [3.8, 4) is 0 Å². The first-order valence-corrected chi connectivity index (χ1v) is 6.67. The normalized spacial score (nSPS) is 21.1. The number of nitro groups is 1. The largest absolute Gasteiger partial charge is 0.336 e. The van der Waals surface area contributed by atoms with Crippen LogP contribution in [0.4, 0.5) is 10.5 Å². The average molecular weight is 302 g/mol. The topological polar surface area (TPSA) is 95.8 Å². The molecule has 0 radical (unpaired) electrons. The van der Waals surface area contributed by atoms with Crippen LogP contribution in [0.25, 0.3) is 0 Å². The smallest absolute Gasteiger partial charge is 0.322 e. The molecule has 0 bridgehead atoms. The summed E-state index contributed by atoms with van der Waals surface area (Å²) < 4.78 is 0. The molecule has 0 saturated heterocycles. The Kier molecular flexibility index (Phi) is 3.09. The van der Waals surface area contributed by atoms with Crippen molar-refractivity contribution < 1.29 is 14.5 Å². The number of nitro benzene ring substituents is 1. The van der Waals surface area contributed by atoms with E-state index in [1.54, 1.807) is 26.2 Å². The lowest BCUT2D eigenvalue weighted by Gasteiger charge is -2.31. The Labute approximate surface area is 126 Å². The van der Waals surface area contributed by atoms with Gasteiger partial charge in [-0.25, -0.2) is 4.79 Å². The molecule has 1 aromatic carbocycles. The molecule has 3 rings (SSSR count). The molecule has 1 N–H and O–H groups in total. The predicted molar refractivity (Wildman–Crippen MR) is 76.8 cm³/mol. The summed E-state index contributed by atoms with van der Waals surface area (Å²) in [6, 6.07) is 4.96. The highest BCUT2D eigenvalue weighted by molar-refractivity contribution is 6.01. The fraction of sp³-hybridized carbons (Fsp3) is 0.286. The third-order valence-electron chi connectivity index (χ3n) is 3.96. The average Bonchev–Trinajstić information content (AvgIpc) is 2.79. The zero-order valence-electron chi connectivity index (χ0n) is 12.1. The molecule has 0 saturated carbocycles. The maximum Gasteiger partial charge on any atom is 0.322 e. The third kappa shape index (κ3) is 2.00. The lowest BCUT2D eigenvalue weighted by Crippen LogP contribution is -2.45. The predicted octanol–water partition coefficient (Wildman–Crippen LogP) is 1.02. The van der Waals surface area contributed by atoms with Gasteiger partial charge in [-0.05, 0) is 5.56 Å². The second-order valence-electron chi connectivity index (χ2n) is 5.32. The fourth-order valence-corrected chi connectivity index (χ4v) is 2.77. The Morgan fingerprint density at radius 1 is 1.32 bits per heavy atom. The quantitative estimate of drug-likeness (QED) is 0.651. The van der Waals surface area contributed by atoms with E-state index < -0.39 is 11.0 Å². The molecular formula is C14H14N4O4. The molecular weight excluding hydrogens is 288 g/mol. The highest BCUT2D eigenvalue weighted by atomic mass is 16.6. The fourth-order valence-electron chi connectivity index (χ4n) is 2.77. The van der Waals surface area contributed by atoms with Crippen molar-refractivity contribution in [2.75, 3.05) is 20.6 Å². The van der Waals surface area contributed by atoms with Gasteiger partial charge in [0.25, 0.3) is 11.6 Å². The minimum atomic E-state index is -0.670. The molecule has 8 nitrogen and oxygen atoms in total. The zero-order valence-corrected chi connectivity index (χ0v) is 12.1. The van der Waals surface area contributed by atoms with Gasteiger partial charge in [0.2, 0.25) is 0 Å². The molecule has 0 fully saturated rings. The van der Waals surface area contributed by atoms with Crippen molar-refractivity contribution in [3.05, 3.63) is 51.2 Å². The number of carbonyl (C=O) groups excluding carboxylic acids is 2. The number of rotatable bonds is 2. The number of non-ortho nitro benzene ring substituents is 1. The molecule has 2 aliphatic rings. The van der Waals surface area contributed by atoms with E-state index in [1.807, 2.05) is 0 Å². The van der Waals surface area contributed by atoms with Gasteiger partial charge in [-0.3, -0.25) is 19.8 Å². The first-order valence-electron chi connectivity index (χ1n) is 6.67. The van der Waals surface area contributed by atoms with Crippen LogP contribution in [0.1, 0.15) is 11.6 Å². The van der Waals surface area contributed by atoms with E-state index in [9.17, 15) is 19.7 Å². The molecule has 3 amide bonds. The lowest BCUT2D eigenvalue weighted by molar-refractivity contribution is -0.384. The Morgan fingerprint density at radius 2 is 2.05 bits per heavy atom. The van der Waals surface area contributed by atoms with Crippen LogP contribution in [0.15, 0.2) is 35.5 Å². The molecule has 8 heteroatoms. The molecule has 2 heterocycles. The van der Waals surface area contributed by atoms with E-state index in [4.69, 9.17) is 0 Å². The van der Waals surface area contributed by atoms with Crippen LogP contribution in [-0.2, 0) is 4.79 Å². The van der Waals surface area contributed by atoms with E-state index in [0.29, 0.717) is 23.4 Å². The molecule has 114 valence electrons. The van der Waals surface area contributed by atoms with Crippen LogP contribution >= 0.6 is 0 Å². The second-order valence-corrected chi connectivity index (χ2v) is 5.32. The number of nitrogens with zero attached hydrogens (tertiary/aromatic N) is 3. The van der Waals surface area contributed by atoms with Crippen molar-refractivity contribution in [2.45, 2.75) is 6.04 Å². The maximum absolute atomic E-state index is 12.4. The van der Waals surface area contributed by atoms with Crippen LogP contribution in [0.2, 0.25) is 0 Å². The third-order valence-corrected chi connectivity index (χ3v) is 3.96. The van der Waals surface area contributed by atoms with Crippen molar-refractivity contribution in [3.63, 3.8) is 0 Å². The van der Waals surface area contributed by atoms with Crippen LogP contribution in [0.3, 0.4) is 0 Å². The van der Waals surface area contributed by atoms with E-state index in [2.05, 4.69) is 5.32 Å². The van der Waals surface area contributed by atoms with Gasteiger partial charge in [0, 0.05) is 26.2 Å². The van der Waals surface area contributed by atoms with Crippen LogP contribution in [0, 0.1) is 10.1 Å². The number of likely N-dealkylation sites (N-methyl/N-ethyl adjacent to an activating group) is 2. The number of urea groups is 1. The molecule has 0 aliphatic carbocycles. The first-order chi connectivity index (χ1) is 10.4. The standard InChI is InChI=1S/C14H14N4O4/c1-16-7-10-11(13(16)19)12(15-14(20)17(10)2)8-4-3-5-9(6-8)18(21)22/h3-6,12H,7H2,1-2H3,(H,15,20). The molecule has 1 atom stereocenters. The monoisotopic (exact) mass is 302 g/mol. The van der Waals surface area contributed by atoms with Gasteiger partial charge < -0.3 is 10.2 Å². The molecule has 2 aliphatic heterocycles. The van der Waals surface area contributed by atoms with Crippen LogP contribution < -0.4 is 5.32 Å². The van der Waals surface area contributed by atoms with Crippen molar-refractivity contribution >= 4 is 17.6 Å². The summed E-state index contributed by atoms with van der Waals surface area (Å²) >= 11 is 0. The number of carbonyl (C=O) groups is 2. The Morgan fingerprint density at radius 3 is 2.73 bits per heavy atom. The number of amides is 3. The summed E-state index contributed by atoms with van der Waals surface area (Å²) in [6.45, 7) is 0.351. The zero-order chi connectivity index (χ0) is 16.0. The second kappa shape index (κ2) is 4.83. The van der Waals surface area contributed by atoms with Crippen molar-refractivity contribution in [1.82, 2.24) is 15.1 Å². The van der Waals surface area contributed by atoms with E-state index >= 15 is 0 Å². The minimum absolute atomic E-state index is 0.0772. The van der Waals surface area contributed by atoms with Gasteiger partial charge in [0.15, 0.2) is 0 Å². The Balaban J connectivity index is 2.10. The van der Waals surface area contributed by atoms with Gasteiger partial charge in [-0.2, -0.15) is 0 Å². The van der Waals surface area contributed by atoms with Gasteiger partial charge in [0.1, 0.15) is 0 Å². The van der Waals surface area contributed by atoms with Gasteiger partial charge in [0.05, 0.1) is 28.8 Å². The summed E-state index contributed by atoms with van der Waals surface area (Å²) in [7, 11) is 3.25. The summed E-state index contributed by atoms with van der Waals surface area (Å²) in [5.41, 5.74) is 1.54. The highest BCUT2D eigenvalue weighted by Crippen LogP contribution is 2.35. The SMILES string of the molecule is CN1CC2=C(C1=O)C(c1cccc([N+](=O)[O-])c1)NC(=O)N2C. The van der Waals surface area contributed by atoms with Gasteiger partial charge in [-0.1, -0.05) is 12.1 Å². The first kappa shape index (κ1) is 14.1. The van der Waals surface area contributed by atoms with Crippen molar-refractivity contribution in [2.24, 2.45) is 0 Å². The Bertz CT molecular complexity index is 727. The van der Waals surface area contributed by atoms with E-state index in [1.165, 1.54) is 21.9 Å². The molecule has 1 unspecified atom stereocenters. The number of nitrogens with one attached hydrogen (secondary N) is 1. The number of hydrogen-bond donors (Lipinski definition) is 1. The van der Waals surface area contributed by atoms with Crippen LogP contribution in [-0.4, -0.2) is 47.3 Å². The molecule has 22 heavy (non-hydrogen) atoms. The lowest BCUT2D eigenvalue weighted by atomic mass is 9.95. The summed E-state index contributed by atoms with van der Waals surface area (Å²) in [5.74, 6) is -0.182. The number of hydrogen-bond acceptors (Lipinski definition) is 4. The summed E-state index contributed by atoms with van der Waals surface area (Å²) in [6.07, 6.45) is 0. The minimum Gasteiger partial charge on any atom is -0.336 e. The summed E-state index contributed by atoms with van der Waals surface area (Å²) in [5, 5.41) is 13.6. The van der Waals surface area contributed by atoms with E-state index in [0.717, 1.165) is 0 Å². The Hall–Kier alpha value is -2.90. The van der Waals surface area contributed by atoms with Gasteiger partial charge in [-0.15, -0.1) is 0 Å². The highest BCUT2D eigenvalue weighted by Gasteiger charge is 2.41. The number of benzene rings is 1. The van der Waals surface area contributed by atoms with Gasteiger partial charge >= 0.3 is 6.03 Å². The van der Waals surface area contributed by atoms with Crippen molar-refractivity contribution in [1.29, 1.82) is 0 Å². The molecule has 0 aromatic heterocycles. The molecule has 0 spiro atoms. The molecule has 1 aromatic rings.